The van der Waals surface area contributed by atoms with Gasteiger partial charge >= 0.3 is 0 Å². The number of rotatable bonds is 3. The molecule has 0 saturated heterocycles. The molecule has 1 fully saturated rings. The Balaban J connectivity index is 2.01. The molecule has 3 heteroatoms. The van der Waals surface area contributed by atoms with E-state index in [2.05, 4.69) is 0 Å². The third-order valence-electron chi connectivity index (χ3n) is 3.63. The minimum Gasteiger partial charge on any atom is -0.392 e. The maximum Gasteiger partial charge on any atom is 0.0609 e. The highest BCUT2D eigenvalue weighted by atomic mass is 35.5. The molecule has 1 aromatic rings. The van der Waals surface area contributed by atoms with E-state index < -0.39 is 0 Å². The molecule has 0 aromatic heterocycles. The summed E-state index contributed by atoms with van der Waals surface area (Å²) in [6.45, 7) is 0. The van der Waals surface area contributed by atoms with Crippen LogP contribution in [0.15, 0.2) is 18.2 Å². The molecule has 0 amide bonds. The first kappa shape index (κ1) is 13.2. The van der Waals surface area contributed by atoms with E-state index in [-0.39, 0.29) is 6.10 Å². The summed E-state index contributed by atoms with van der Waals surface area (Å²) in [5.41, 5.74) is 0.956. The van der Waals surface area contributed by atoms with Crippen LogP contribution in [-0.2, 0) is 6.42 Å². The van der Waals surface area contributed by atoms with Gasteiger partial charge in [-0.3, -0.25) is 0 Å². The van der Waals surface area contributed by atoms with Gasteiger partial charge in [-0.05, 0) is 42.5 Å². The van der Waals surface area contributed by atoms with Gasteiger partial charge in [-0.15, -0.1) is 0 Å². The molecular weight excluding hydrogens is 255 g/mol. The molecular formula is C14H18Cl2O. The molecule has 17 heavy (non-hydrogen) atoms. The van der Waals surface area contributed by atoms with Crippen LogP contribution >= 0.6 is 23.2 Å². The molecule has 1 aliphatic carbocycles. The lowest BCUT2D eigenvalue weighted by atomic mass is 9.83. The molecule has 94 valence electrons. The molecule has 1 saturated carbocycles. The molecule has 1 aromatic carbocycles. The Bertz CT molecular complexity index is 372. The van der Waals surface area contributed by atoms with Crippen molar-refractivity contribution in [3.05, 3.63) is 33.8 Å². The molecule has 1 unspecified atom stereocenters. The van der Waals surface area contributed by atoms with Crippen molar-refractivity contribution < 1.29 is 5.11 Å². The number of aliphatic hydroxyl groups excluding tert-OH is 1. The van der Waals surface area contributed by atoms with Crippen LogP contribution in [0.2, 0.25) is 10.0 Å². The Morgan fingerprint density at radius 2 is 1.88 bits per heavy atom. The minimum absolute atomic E-state index is 0.286. The normalized spacial score (nSPS) is 19.2. The fraction of sp³-hybridized carbons (Fsp3) is 0.571. The van der Waals surface area contributed by atoms with Crippen molar-refractivity contribution in [3.8, 4) is 0 Å². The van der Waals surface area contributed by atoms with E-state index in [0.717, 1.165) is 18.4 Å². The maximum absolute atomic E-state index is 10.2. The van der Waals surface area contributed by atoms with Gasteiger partial charge in [0.1, 0.15) is 0 Å². The Morgan fingerprint density at radius 1 is 1.18 bits per heavy atom. The summed E-state index contributed by atoms with van der Waals surface area (Å²) in [5.74, 6) is 0.429. The van der Waals surface area contributed by atoms with Gasteiger partial charge in [-0.1, -0.05) is 42.5 Å². The number of hydrogen-bond donors (Lipinski definition) is 1. The summed E-state index contributed by atoms with van der Waals surface area (Å²) >= 11 is 12.1. The van der Waals surface area contributed by atoms with Crippen LogP contribution in [0.5, 0.6) is 0 Å². The topological polar surface area (TPSA) is 20.2 Å². The van der Waals surface area contributed by atoms with E-state index in [1.54, 1.807) is 12.1 Å². The van der Waals surface area contributed by atoms with Crippen LogP contribution in [0.4, 0.5) is 0 Å². The summed E-state index contributed by atoms with van der Waals surface area (Å²) in [6, 6.07) is 5.43. The van der Waals surface area contributed by atoms with E-state index >= 15 is 0 Å². The third-order valence-corrected chi connectivity index (χ3v) is 4.23. The van der Waals surface area contributed by atoms with Crippen LogP contribution in [-0.4, -0.2) is 11.2 Å². The van der Waals surface area contributed by atoms with Crippen LogP contribution in [0.3, 0.4) is 0 Å². The van der Waals surface area contributed by atoms with Gasteiger partial charge < -0.3 is 5.11 Å². The van der Waals surface area contributed by atoms with Crippen molar-refractivity contribution in [2.24, 2.45) is 5.92 Å². The van der Waals surface area contributed by atoms with Crippen LogP contribution < -0.4 is 0 Å². The van der Waals surface area contributed by atoms with Crippen molar-refractivity contribution in [1.29, 1.82) is 0 Å². The largest absolute Gasteiger partial charge is 0.392 e. The second kappa shape index (κ2) is 6.08. The first-order valence-electron chi connectivity index (χ1n) is 6.29. The Labute approximate surface area is 113 Å². The van der Waals surface area contributed by atoms with Gasteiger partial charge in [-0.2, -0.15) is 0 Å². The minimum atomic E-state index is -0.286. The maximum atomic E-state index is 10.2. The van der Waals surface area contributed by atoms with Crippen molar-refractivity contribution in [3.63, 3.8) is 0 Å². The molecule has 0 spiro atoms. The third kappa shape index (κ3) is 3.61. The highest BCUT2D eigenvalue weighted by Gasteiger charge is 2.22. The summed E-state index contributed by atoms with van der Waals surface area (Å²) in [7, 11) is 0. The van der Waals surface area contributed by atoms with Crippen LogP contribution in [0.1, 0.15) is 37.7 Å². The predicted molar refractivity (Wildman–Crippen MR) is 72.7 cm³/mol. The van der Waals surface area contributed by atoms with Gasteiger partial charge in [0, 0.05) is 16.5 Å². The second-order valence-corrected chi connectivity index (χ2v) is 5.75. The zero-order valence-electron chi connectivity index (χ0n) is 9.83. The Morgan fingerprint density at radius 3 is 2.59 bits per heavy atom. The van der Waals surface area contributed by atoms with Gasteiger partial charge in [0.15, 0.2) is 0 Å². The summed E-state index contributed by atoms with van der Waals surface area (Å²) in [6.07, 6.45) is 6.39. The zero-order chi connectivity index (χ0) is 12.3. The van der Waals surface area contributed by atoms with Crippen molar-refractivity contribution in [2.75, 3.05) is 0 Å². The number of benzene rings is 1. The molecule has 1 N–H and O–H groups in total. The molecule has 0 bridgehead atoms. The molecule has 1 nitrogen and oxygen atoms in total. The van der Waals surface area contributed by atoms with Crippen molar-refractivity contribution >= 4 is 23.2 Å². The Hall–Kier alpha value is -0.240. The van der Waals surface area contributed by atoms with E-state index in [9.17, 15) is 5.11 Å². The SMILES string of the molecule is OC(Cc1cc(Cl)ccc1Cl)C1CCCCC1. The first-order valence-corrected chi connectivity index (χ1v) is 7.04. The average molecular weight is 273 g/mol. The molecule has 0 aliphatic heterocycles. The van der Waals surface area contributed by atoms with Crippen molar-refractivity contribution in [1.82, 2.24) is 0 Å². The Kier molecular flexibility index (Phi) is 4.72. The standard InChI is InChI=1S/C14H18Cl2O/c15-12-6-7-13(16)11(8-12)9-14(17)10-4-2-1-3-5-10/h6-8,10,14,17H,1-5,9H2. The fourth-order valence-electron chi connectivity index (χ4n) is 2.61. The van der Waals surface area contributed by atoms with E-state index in [4.69, 9.17) is 23.2 Å². The molecule has 0 radical (unpaired) electrons. The fourth-order valence-corrected chi connectivity index (χ4v) is 3.00. The highest BCUT2D eigenvalue weighted by Crippen LogP contribution is 2.30. The quantitative estimate of drug-likeness (QED) is 0.861. The van der Waals surface area contributed by atoms with Gasteiger partial charge in [0.05, 0.1) is 6.10 Å². The number of halogens is 2. The van der Waals surface area contributed by atoms with E-state index in [1.165, 1.54) is 19.3 Å². The molecule has 1 atom stereocenters. The molecule has 1 aliphatic rings. The average Bonchev–Trinajstić information content (AvgIpc) is 2.35. The van der Waals surface area contributed by atoms with Gasteiger partial charge in [-0.25, -0.2) is 0 Å². The van der Waals surface area contributed by atoms with Crippen LogP contribution in [0, 0.1) is 5.92 Å². The monoisotopic (exact) mass is 272 g/mol. The molecule has 0 heterocycles. The van der Waals surface area contributed by atoms with E-state index in [0.29, 0.717) is 22.4 Å². The number of hydrogen-bond acceptors (Lipinski definition) is 1. The number of aliphatic hydroxyl groups is 1. The lowest BCUT2D eigenvalue weighted by molar-refractivity contribution is 0.0851. The molecule has 2 rings (SSSR count). The van der Waals surface area contributed by atoms with Crippen molar-refractivity contribution in [2.45, 2.75) is 44.6 Å². The summed E-state index contributed by atoms with van der Waals surface area (Å²) in [5, 5.41) is 11.6. The predicted octanol–water partition coefficient (Wildman–Crippen LogP) is 4.48. The van der Waals surface area contributed by atoms with Gasteiger partial charge in [0.2, 0.25) is 0 Å². The lowest BCUT2D eigenvalue weighted by Gasteiger charge is -2.26. The summed E-state index contributed by atoms with van der Waals surface area (Å²) < 4.78 is 0. The van der Waals surface area contributed by atoms with Crippen LogP contribution in [0.25, 0.3) is 0 Å². The summed E-state index contributed by atoms with van der Waals surface area (Å²) in [4.78, 5) is 0. The first-order chi connectivity index (χ1) is 8.16. The smallest absolute Gasteiger partial charge is 0.0609 e. The second-order valence-electron chi connectivity index (χ2n) is 4.91. The zero-order valence-corrected chi connectivity index (χ0v) is 11.3. The van der Waals surface area contributed by atoms with Gasteiger partial charge in [0.25, 0.3) is 0 Å². The lowest BCUT2D eigenvalue weighted by Crippen LogP contribution is -2.25. The van der Waals surface area contributed by atoms with E-state index in [1.807, 2.05) is 6.07 Å². The highest BCUT2D eigenvalue weighted by molar-refractivity contribution is 6.33.